The van der Waals surface area contributed by atoms with Crippen molar-refractivity contribution in [2.24, 2.45) is 11.6 Å². The van der Waals surface area contributed by atoms with Crippen LogP contribution < -0.4 is 21.2 Å². The molecule has 0 radical (unpaired) electrons. The van der Waals surface area contributed by atoms with Crippen molar-refractivity contribution in [3.8, 4) is 5.75 Å². The summed E-state index contributed by atoms with van der Waals surface area (Å²) in [5.74, 6) is 7.59. The van der Waals surface area contributed by atoms with E-state index in [1.54, 1.807) is 25.3 Å². The van der Waals surface area contributed by atoms with E-state index < -0.39 is 0 Å². The highest BCUT2D eigenvalue weighted by molar-refractivity contribution is 5.76. The molecule has 0 saturated carbocycles. The number of ether oxygens (including phenoxy) is 3. The van der Waals surface area contributed by atoms with Gasteiger partial charge < -0.3 is 29.9 Å². The maximum absolute atomic E-state index is 12.6. The highest BCUT2D eigenvalue weighted by Gasteiger charge is 2.33. The molecular formula is C32H43N7O4. The predicted octanol–water partition coefficient (Wildman–Crippen LogP) is 3.90. The number of carbonyl (C=O) groups excluding carboxylic acids is 1. The van der Waals surface area contributed by atoms with E-state index in [4.69, 9.17) is 35.9 Å². The van der Waals surface area contributed by atoms with Crippen molar-refractivity contribution in [1.82, 2.24) is 19.6 Å². The Labute approximate surface area is 253 Å². The summed E-state index contributed by atoms with van der Waals surface area (Å²) in [7, 11) is 0. The molecule has 4 N–H and O–H groups in total. The molecule has 4 rings (SSSR count). The van der Waals surface area contributed by atoms with Gasteiger partial charge in [-0.3, -0.25) is 4.79 Å². The molecule has 1 aliphatic heterocycles. The van der Waals surface area contributed by atoms with Crippen LogP contribution in [0.3, 0.4) is 0 Å². The van der Waals surface area contributed by atoms with Gasteiger partial charge in [-0.25, -0.2) is 10.8 Å². The smallest absolute Gasteiger partial charge is 0.310 e. The number of hydrogen-bond acceptors (Lipinski definition) is 10. The number of esters is 1. The Balaban J connectivity index is 1.62. The zero-order chi connectivity index (χ0) is 31.0. The average molecular weight is 590 g/mol. The Hall–Kier alpha value is -4.35. The second-order valence-corrected chi connectivity index (χ2v) is 10.8. The molecule has 1 aromatic carbocycles. The van der Waals surface area contributed by atoms with Crippen molar-refractivity contribution in [1.29, 1.82) is 0 Å². The number of rotatable bonds is 14. The number of hydrazine groups is 1. The summed E-state index contributed by atoms with van der Waals surface area (Å²) in [4.78, 5) is 19.7. The Kier molecular flexibility index (Phi) is 10.4. The van der Waals surface area contributed by atoms with Gasteiger partial charge in [0.25, 0.3) is 0 Å². The van der Waals surface area contributed by atoms with Crippen LogP contribution in [-0.4, -0.2) is 64.1 Å². The van der Waals surface area contributed by atoms with Crippen LogP contribution in [0.1, 0.15) is 49.2 Å². The van der Waals surface area contributed by atoms with E-state index in [1.807, 2.05) is 41.8 Å². The van der Waals surface area contributed by atoms with E-state index in [0.717, 1.165) is 48.6 Å². The fourth-order valence-electron chi connectivity index (χ4n) is 5.15. The zero-order valence-electron chi connectivity index (χ0n) is 25.4. The predicted molar refractivity (Wildman–Crippen MR) is 168 cm³/mol. The summed E-state index contributed by atoms with van der Waals surface area (Å²) in [6.07, 6.45) is 6.86. The lowest BCUT2D eigenvalue weighted by atomic mass is 9.93. The van der Waals surface area contributed by atoms with Gasteiger partial charge in [-0.1, -0.05) is 30.9 Å². The third-order valence-corrected chi connectivity index (χ3v) is 7.41. The van der Waals surface area contributed by atoms with E-state index in [-0.39, 0.29) is 24.5 Å². The Morgan fingerprint density at radius 2 is 1.93 bits per heavy atom. The van der Waals surface area contributed by atoms with Gasteiger partial charge in [0.15, 0.2) is 5.65 Å². The highest BCUT2D eigenvalue weighted by Crippen LogP contribution is 2.33. The molecule has 11 heteroatoms. The van der Waals surface area contributed by atoms with Crippen molar-refractivity contribution in [3.63, 3.8) is 0 Å². The first kappa shape index (κ1) is 31.6. The lowest BCUT2D eigenvalue weighted by Crippen LogP contribution is -2.45. The number of piperidine rings is 1. The molecule has 1 aliphatic rings. The van der Waals surface area contributed by atoms with Crippen LogP contribution in [0.2, 0.25) is 0 Å². The number of nitrogens with two attached hydrogens (primary N) is 2. The van der Waals surface area contributed by atoms with Crippen LogP contribution in [0, 0.1) is 6.92 Å². The van der Waals surface area contributed by atoms with Crippen LogP contribution in [0.25, 0.3) is 11.3 Å². The second-order valence-electron chi connectivity index (χ2n) is 10.8. The molecular weight excluding hydrogens is 546 g/mol. The van der Waals surface area contributed by atoms with Gasteiger partial charge in [-0.2, -0.15) is 9.61 Å². The Morgan fingerprint density at radius 1 is 1.19 bits per heavy atom. The number of carbonyl (C=O) groups is 1. The molecule has 230 valence electrons. The number of anilines is 1. The fourth-order valence-corrected chi connectivity index (χ4v) is 5.15. The quantitative estimate of drug-likeness (QED) is 0.123. The third-order valence-electron chi connectivity index (χ3n) is 7.41. The van der Waals surface area contributed by atoms with Crippen LogP contribution in [0.15, 0.2) is 61.8 Å². The van der Waals surface area contributed by atoms with Gasteiger partial charge in [0.2, 0.25) is 0 Å². The fraction of sp³-hybridized carbons (Fsp3) is 0.406. The van der Waals surface area contributed by atoms with E-state index in [1.165, 1.54) is 5.01 Å². The van der Waals surface area contributed by atoms with Crippen LogP contribution in [-0.2, 0) is 27.2 Å². The molecule has 43 heavy (non-hydrogen) atoms. The molecule has 1 fully saturated rings. The van der Waals surface area contributed by atoms with Crippen molar-refractivity contribution in [3.05, 3.63) is 84.4 Å². The Morgan fingerprint density at radius 3 is 2.63 bits per heavy atom. The van der Waals surface area contributed by atoms with Crippen LogP contribution >= 0.6 is 0 Å². The minimum atomic E-state index is -0.302. The molecule has 3 aromatic rings. The summed E-state index contributed by atoms with van der Waals surface area (Å²) in [6, 6.07) is 9.37. The summed E-state index contributed by atoms with van der Waals surface area (Å²) >= 11 is 0. The maximum Gasteiger partial charge on any atom is 0.310 e. The summed E-state index contributed by atoms with van der Waals surface area (Å²) in [5, 5.41) is 6.38. The van der Waals surface area contributed by atoms with Crippen molar-refractivity contribution in [2.45, 2.75) is 52.2 Å². The van der Waals surface area contributed by atoms with Crippen molar-refractivity contribution < 1.29 is 19.0 Å². The van der Waals surface area contributed by atoms with Crippen LogP contribution in [0.4, 0.5) is 5.82 Å². The lowest BCUT2D eigenvalue weighted by molar-refractivity contribution is -0.142. The first-order valence-electron chi connectivity index (χ1n) is 14.5. The number of aromatic nitrogens is 3. The largest absolute Gasteiger partial charge is 0.490 e. The van der Waals surface area contributed by atoms with E-state index in [2.05, 4.69) is 25.0 Å². The molecule has 11 nitrogen and oxygen atoms in total. The number of aryl methyl sites for hydroxylation is 1. The van der Waals surface area contributed by atoms with Gasteiger partial charge in [0.1, 0.15) is 18.2 Å². The number of hydrogen-bond donors (Lipinski definition) is 2. The monoisotopic (exact) mass is 589 g/mol. The molecule has 0 spiro atoms. The number of fused-ring (bicyclic) bond motifs is 1. The lowest BCUT2D eigenvalue weighted by Gasteiger charge is -2.40. The van der Waals surface area contributed by atoms with Gasteiger partial charge >= 0.3 is 5.97 Å². The van der Waals surface area contributed by atoms with E-state index in [9.17, 15) is 4.79 Å². The highest BCUT2D eigenvalue weighted by atomic mass is 16.5. The summed E-state index contributed by atoms with van der Waals surface area (Å²) in [6.45, 7) is 16.3. The summed E-state index contributed by atoms with van der Waals surface area (Å²) < 4.78 is 18.8. The molecule has 0 atom stereocenters. The molecule has 1 saturated heterocycles. The standard InChI is InChI=1S/C32H43N7O4/c1-6-16-42-26-11-9-10-24(18-26)28(33)22-38(34)21-25-19-29-35-23(4)27(20-30(40)41-8-3)31(39(29)36-25)37-14-12-32(5,13-15-37)43-17-7-2/h6-7,9-11,18-19,22H,1-2,8,12-17,20-21,33-34H2,3-5H3/b28-22-. The van der Waals surface area contributed by atoms with Gasteiger partial charge in [-0.05, 0) is 45.7 Å². The molecule has 3 heterocycles. The topological polar surface area (TPSA) is 133 Å². The van der Waals surface area contributed by atoms with E-state index in [0.29, 0.717) is 42.6 Å². The maximum atomic E-state index is 12.6. The van der Waals surface area contributed by atoms with E-state index >= 15 is 0 Å². The Bertz CT molecular complexity index is 1470. The van der Waals surface area contributed by atoms with Crippen LogP contribution in [0.5, 0.6) is 5.75 Å². The minimum Gasteiger partial charge on any atom is -0.490 e. The molecule has 0 amide bonds. The molecule has 2 aromatic heterocycles. The van der Waals surface area contributed by atoms with Gasteiger partial charge in [0.05, 0.1) is 43.2 Å². The minimum absolute atomic E-state index is 0.103. The first-order chi connectivity index (χ1) is 20.7. The zero-order valence-corrected chi connectivity index (χ0v) is 25.4. The average Bonchev–Trinajstić information content (AvgIpc) is 3.37. The van der Waals surface area contributed by atoms with Gasteiger partial charge in [0, 0.05) is 42.2 Å². The number of nitrogens with zero attached hydrogens (tertiary/aromatic N) is 5. The summed E-state index contributed by atoms with van der Waals surface area (Å²) in [5.41, 5.74) is 10.3. The molecule has 0 unspecified atom stereocenters. The normalized spacial score (nSPS) is 14.9. The first-order valence-corrected chi connectivity index (χ1v) is 14.5. The molecule has 0 aliphatic carbocycles. The second kappa shape index (κ2) is 14.2. The van der Waals surface area contributed by atoms with Crippen molar-refractivity contribution >= 4 is 23.1 Å². The SMILES string of the molecule is C=CCOc1cccc(/C(N)=C/N(N)Cc2cc3nc(C)c(CC(=O)OCC)c(N4CCC(C)(OCC=C)CC4)n3n2)c1. The third kappa shape index (κ3) is 7.94. The van der Waals surface area contributed by atoms with Crippen molar-refractivity contribution in [2.75, 3.05) is 37.8 Å². The number of benzene rings is 1. The molecule has 0 bridgehead atoms. The van der Waals surface area contributed by atoms with Gasteiger partial charge in [-0.15, -0.1) is 6.58 Å².